The van der Waals surface area contributed by atoms with Gasteiger partial charge in [0.15, 0.2) is 0 Å². The zero-order chi connectivity index (χ0) is 16.7. The predicted molar refractivity (Wildman–Crippen MR) is 80.5 cm³/mol. The normalized spacial score (nSPS) is 14.2. The van der Waals surface area contributed by atoms with Gasteiger partial charge in [-0.15, -0.1) is 0 Å². The van der Waals surface area contributed by atoms with Crippen LogP contribution in [0, 0.1) is 0 Å². The van der Waals surface area contributed by atoms with Crippen LogP contribution >= 0.6 is 0 Å². The van der Waals surface area contributed by atoms with Gasteiger partial charge in [0, 0.05) is 31.7 Å². The number of ether oxygens (including phenoxy) is 1. The maximum absolute atomic E-state index is 12.0. The summed E-state index contributed by atoms with van der Waals surface area (Å²) in [5.74, 6) is 0.196. The van der Waals surface area contributed by atoms with E-state index in [1.807, 2.05) is 0 Å². The molecule has 1 heterocycles. The summed E-state index contributed by atoms with van der Waals surface area (Å²) in [4.78, 5) is 24.9. The second-order valence-corrected chi connectivity index (χ2v) is 5.12. The molecule has 0 radical (unpaired) electrons. The topological polar surface area (TPSA) is 70.7 Å². The number of benzene rings is 1. The lowest BCUT2D eigenvalue weighted by molar-refractivity contribution is -0.127. The Morgan fingerprint density at radius 1 is 1.30 bits per heavy atom. The first-order valence-corrected chi connectivity index (χ1v) is 7.42. The van der Waals surface area contributed by atoms with Crippen LogP contribution < -0.4 is 15.4 Å². The van der Waals surface area contributed by atoms with Gasteiger partial charge in [-0.2, -0.15) is 8.78 Å². The maximum atomic E-state index is 12.0. The summed E-state index contributed by atoms with van der Waals surface area (Å²) in [6, 6.07) is 5.25. The zero-order valence-electron chi connectivity index (χ0n) is 12.6. The molecule has 0 bridgehead atoms. The lowest BCUT2D eigenvalue weighted by Crippen LogP contribution is -2.32. The van der Waals surface area contributed by atoms with Crippen molar-refractivity contribution < 1.29 is 23.1 Å². The van der Waals surface area contributed by atoms with Crippen molar-refractivity contribution in [2.75, 3.05) is 25.0 Å². The quantitative estimate of drug-likeness (QED) is 0.756. The molecule has 1 aromatic rings. The first-order chi connectivity index (χ1) is 11.0. The van der Waals surface area contributed by atoms with E-state index in [1.165, 1.54) is 24.3 Å². The Hall–Kier alpha value is -2.38. The van der Waals surface area contributed by atoms with Crippen LogP contribution in [0.5, 0.6) is 5.75 Å². The molecule has 0 spiro atoms. The lowest BCUT2D eigenvalue weighted by Gasteiger charge is -2.15. The van der Waals surface area contributed by atoms with E-state index >= 15 is 0 Å². The molecule has 0 aliphatic carbocycles. The molecule has 0 atom stereocenters. The predicted octanol–water partition coefficient (Wildman–Crippen LogP) is 2.42. The number of rotatable bonds is 7. The highest BCUT2D eigenvalue weighted by Crippen LogP contribution is 2.17. The van der Waals surface area contributed by atoms with E-state index in [0.29, 0.717) is 31.6 Å². The van der Waals surface area contributed by atoms with Crippen LogP contribution in [0.15, 0.2) is 24.3 Å². The Balaban J connectivity index is 1.65. The summed E-state index contributed by atoms with van der Waals surface area (Å²) in [6.07, 6.45) is 2.19. The maximum Gasteiger partial charge on any atom is 0.387 e. The first kappa shape index (κ1) is 17.0. The van der Waals surface area contributed by atoms with Crippen molar-refractivity contribution in [2.24, 2.45) is 0 Å². The van der Waals surface area contributed by atoms with Gasteiger partial charge in [-0.05, 0) is 37.1 Å². The Morgan fingerprint density at radius 2 is 2.04 bits per heavy atom. The lowest BCUT2D eigenvalue weighted by atomic mass is 10.3. The molecule has 1 saturated heterocycles. The van der Waals surface area contributed by atoms with Gasteiger partial charge in [0.05, 0.1) is 0 Å². The molecular formula is C15H19F2N3O3. The van der Waals surface area contributed by atoms with Crippen molar-refractivity contribution >= 4 is 17.6 Å². The fourth-order valence-electron chi connectivity index (χ4n) is 2.31. The molecule has 0 unspecified atom stereocenters. The number of nitrogens with zero attached hydrogens (tertiary/aromatic N) is 1. The van der Waals surface area contributed by atoms with Crippen molar-refractivity contribution in [1.29, 1.82) is 0 Å². The molecule has 1 aliphatic heterocycles. The number of urea groups is 1. The highest BCUT2D eigenvalue weighted by atomic mass is 19.3. The molecule has 1 fully saturated rings. The highest BCUT2D eigenvalue weighted by molar-refractivity contribution is 5.89. The molecule has 126 valence electrons. The average Bonchev–Trinajstić information content (AvgIpc) is 2.90. The van der Waals surface area contributed by atoms with Gasteiger partial charge in [0.1, 0.15) is 5.75 Å². The van der Waals surface area contributed by atoms with Crippen LogP contribution in [0.2, 0.25) is 0 Å². The van der Waals surface area contributed by atoms with Gasteiger partial charge in [-0.3, -0.25) is 4.79 Å². The summed E-state index contributed by atoms with van der Waals surface area (Å²) < 4.78 is 28.2. The minimum absolute atomic E-state index is 0.0289. The smallest absolute Gasteiger partial charge is 0.387 e. The molecule has 0 saturated carbocycles. The zero-order valence-corrected chi connectivity index (χ0v) is 12.6. The molecule has 2 N–H and O–H groups in total. The van der Waals surface area contributed by atoms with Gasteiger partial charge >= 0.3 is 12.6 Å². The molecule has 23 heavy (non-hydrogen) atoms. The summed E-state index contributed by atoms with van der Waals surface area (Å²) in [5, 5.41) is 5.26. The van der Waals surface area contributed by atoms with Gasteiger partial charge < -0.3 is 20.3 Å². The summed E-state index contributed by atoms with van der Waals surface area (Å²) >= 11 is 0. The van der Waals surface area contributed by atoms with Crippen molar-refractivity contribution in [1.82, 2.24) is 10.2 Å². The van der Waals surface area contributed by atoms with Crippen LogP contribution in [0.25, 0.3) is 0 Å². The standard InChI is InChI=1S/C15H19F2N3O3/c16-14(17)23-12-6-4-11(5-7-12)19-15(22)18-8-2-10-20-9-1-3-13(20)21/h4-7,14H,1-3,8-10H2,(H2,18,19,22). The Morgan fingerprint density at radius 3 is 2.65 bits per heavy atom. The molecule has 3 amide bonds. The third-order valence-electron chi connectivity index (χ3n) is 3.40. The van der Waals surface area contributed by atoms with Crippen LogP contribution in [-0.4, -0.2) is 43.1 Å². The Kier molecular flexibility index (Phi) is 6.13. The van der Waals surface area contributed by atoms with Crippen molar-refractivity contribution in [3.05, 3.63) is 24.3 Å². The van der Waals surface area contributed by atoms with Gasteiger partial charge in [-0.25, -0.2) is 4.79 Å². The average molecular weight is 327 g/mol. The number of alkyl halides is 2. The monoisotopic (exact) mass is 327 g/mol. The molecule has 2 rings (SSSR count). The molecular weight excluding hydrogens is 308 g/mol. The van der Waals surface area contributed by atoms with Crippen molar-refractivity contribution in [2.45, 2.75) is 25.9 Å². The second-order valence-electron chi connectivity index (χ2n) is 5.12. The second kappa shape index (κ2) is 8.30. The van der Waals surface area contributed by atoms with Crippen LogP contribution in [0.3, 0.4) is 0 Å². The third kappa shape index (κ3) is 5.72. The van der Waals surface area contributed by atoms with Crippen LogP contribution in [-0.2, 0) is 4.79 Å². The Bertz CT molecular complexity index is 537. The van der Waals surface area contributed by atoms with Gasteiger partial charge in [0.25, 0.3) is 0 Å². The number of hydrogen-bond acceptors (Lipinski definition) is 3. The van der Waals surface area contributed by atoms with E-state index in [1.54, 1.807) is 4.90 Å². The molecule has 6 nitrogen and oxygen atoms in total. The minimum atomic E-state index is -2.88. The first-order valence-electron chi connectivity index (χ1n) is 7.42. The summed E-state index contributed by atoms with van der Waals surface area (Å²) in [6.45, 7) is -1.00. The number of carbonyl (C=O) groups is 2. The van der Waals surface area contributed by atoms with E-state index in [4.69, 9.17) is 0 Å². The number of hydrogen-bond donors (Lipinski definition) is 2. The number of likely N-dealkylation sites (tertiary alicyclic amines) is 1. The van der Waals surface area contributed by atoms with Crippen LogP contribution in [0.4, 0.5) is 19.3 Å². The van der Waals surface area contributed by atoms with Gasteiger partial charge in [-0.1, -0.05) is 0 Å². The number of anilines is 1. The van der Waals surface area contributed by atoms with Crippen LogP contribution in [0.1, 0.15) is 19.3 Å². The number of halogens is 2. The van der Waals surface area contributed by atoms with E-state index in [9.17, 15) is 18.4 Å². The number of nitrogens with one attached hydrogen (secondary N) is 2. The minimum Gasteiger partial charge on any atom is -0.435 e. The number of amides is 3. The largest absolute Gasteiger partial charge is 0.435 e. The fourth-order valence-corrected chi connectivity index (χ4v) is 2.31. The molecule has 1 aromatic carbocycles. The van der Waals surface area contributed by atoms with Crippen molar-refractivity contribution in [3.63, 3.8) is 0 Å². The molecule has 0 aromatic heterocycles. The molecule has 1 aliphatic rings. The van der Waals surface area contributed by atoms with Gasteiger partial charge in [0.2, 0.25) is 5.91 Å². The SMILES string of the molecule is O=C(NCCCN1CCCC1=O)Nc1ccc(OC(F)F)cc1. The highest BCUT2D eigenvalue weighted by Gasteiger charge is 2.18. The summed E-state index contributed by atoms with van der Waals surface area (Å²) in [7, 11) is 0. The third-order valence-corrected chi connectivity index (χ3v) is 3.40. The van der Waals surface area contributed by atoms with E-state index in [0.717, 1.165) is 13.0 Å². The molecule has 8 heteroatoms. The van der Waals surface area contributed by atoms with E-state index < -0.39 is 6.61 Å². The number of carbonyl (C=O) groups excluding carboxylic acids is 2. The summed E-state index contributed by atoms with van der Waals surface area (Å²) in [5.41, 5.74) is 0.471. The fraction of sp³-hybridized carbons (Fsp3) is 0.467. The van der Waals surface area contributed by atoms with Crippen molar-refractivity contribution in [3.8, 4) is 5.75 Å². The Labute approximate surface area is 132 Å². The van der Waals surface area contributed by atoms with E-state index in [-0.39, 0.29) is 17.7 Å². The van der Waals surface area contributed by atoms with E-state index in [2.05, 4.69) is 15.4 Å².